The molecule has 1 amide bonds. The van der Waals surface area contributed by atoms with Gasteiger partial charge in [-0.05, 0) is 31.4 Å². The van der Waals surface area contributed by atoms with Crippen LogP contribution in [-0.2, 0) is 16.0 Å². The lowest BCUT2D eigenvalue weighted by atomic mass is 9.95. The molecule has 0 unspecified atom stereocenters. The molecule has 2 aromatic rings. The summed E-state index contributed by atoms with van der Waals surface area (Å²) in [6.07, 6.45) is 4.58. The summed E-state index contributed by atoms with van der Waals surface area (Å²) in [5.74, 6) is -0.212. The fourth-order valence-electron chi connectivity index (χ4n) is 3.62. The Morgan fingerprint density at radius 1 is 1.42 bits per heavy atom. The van der Waals surface area contributed by atoms with Crippen LogP contribution in [0.2, 0.25) is 0 Å². The second-order valence-electron chi connectivity index (χ2n) is 6.81. The zero-order valence-electron chi connectivity index (χ0n) is 15.4. The van der Waals surface area contributed by atoms with E-state index in [1.807, 2.05) is 30.5 Å². The highest BCUT2D eigenvalue weighted by atomic mass is 32.1. The van der Waals surface area contributed by atoms with Crippen LogP contribution < -0.4 is 10.6 Å². The highest BCUT2D eigenvalue weighted by molar-refractivity contribution is 7.09. The number of thiazole rings is 1. The van der Waals surface area contributed by atoms with Crippen molar-refractivity contribution >= 4 is 17.2 Å². The molecule has 0 bridgehead atoms. The van der Waals surface area contributed by atoms with E-state index in [1.54, 1.807) is 24.6 Å². The summed E-state index contributed by atoms with van der Waals surface area (Å²) in [6.45, 7) is 2.94. The summed E-state index contributed by atoms with van der Waals surface area (Å²) >= 11 is 1.57. The number of methoxy groups -OCH3 is 1. The minimum absolute atomic E-state index is 0.0154. The number of hydrogen-bond donors (Lipinski definition) is 2. The molecule has 0 saturated carbocycles. The molecule has 2 N–H and O–H groups in total. The predicted molar refractivity (Wildman–Crippen MR) is 104 cm³/mol. The maximum atomic E-state index is 13.0. The third-order valence-electron chi connectivity index (χ3n) is 5.02. The lowest BCUT2D eigenvalue weighted by Crippen LogP contribution is -2.47. The molecule has 26 heavy (non-hydrogen) atoms. The summed E-state index contributed by atoms with van der Waals surface area (Å²) in [7, 11) is 1.69. The minimum Gasteiger partial charge on any atom is -0.379 e. The molecular formula is C20H27N3O2S. The molecule has 0 radical (unpaired) electrons. The van der Waals surface area contributed by atoms with Crippen LogP contribution in [0.4, 0.5) is 0 Å². The van der Waals surface area contributed by atoms with Crippen LogP contribution in [-0.4, -0.2) is 36.7 Å². The first-order valence-electron chi connectivity index (χ1n) is 9.19. The zero-order chi connectivity index (χ0) is 18.4. The Bertz CT molecular complexity index is 672. The van der Waals surface area contributed by atoms with Gasteiger partial charge in [0.05, 0.1) is 18.1 Å². The topological polar surface area (TPSA) is 63.2 Å². The van der Waals surface area contributed by atoms with Gasteiger partial charge in [0.1, 0.15) is 5.01 Å². The van der Waals surface area contributed by atoms with Gasteiger partial charge in [-0.15, -0.1) is 11.3 Å². The van der Waals surface area contributed by atoms with Crippen LogP contribution in [0, 0.1) is 5.92 Å². The smallest absolute Gasteiger partial charge is 0.226 e. The van der Waals surface area contributed by atoms with E-state index in [2.05, 4.69) is 27.8 Å². The molecule has 2 heterocycles. The summed E-state index contributed by atoms with van der Waals surface area (Å²) in [4.78, 5) is 17.4. The molecule has 3 rings (SSSR count). The number of aromatic nitrogens is 1. The van der Waals surface area contributed by atoms with Crippen molar-refractivity contribution in [2.45, 2.75) is 44.4 Å². The van der Waals surface area contributed by atoms with Gasteiger partial charge in [0, 0.05) is 24.7 Å². The number of carbonyl (C=O) groups excluding carboxylic acids is 1. The van der Waals surface area contributed by atoms with Crippen molar-refractivity contribution in [1.29, 1.82) is 0 Å². The predicted octanol–water partition coefficient (Wildman–Crippen LogP) is 2.95. The highest BCUT2D eigenvalue weighted by Crippen LogP contribution is 2.23. The molecule has 1 aliphatic rings. The molecule has 0 spiro atoms. The monoisotopic (exact) mass is 373 g/mol. The molecule has 1 saturated heterocycles. The maximum absolute atomic E-state index is 13.0. The van der Waals surface area contributed by atoms with Crippen LogP contribution in [0.1, 0.15) is 36.4 Å². The number of hydrogen-bond acceptors (Lipinski definition) is 5. The second kappa shape index (κ2) is 9.26. The van der Waals surface area contributed by atoms with Crippen molar-refractivity contribution in [2.75, 3.05) is 13.7 Å². The number of ether oxygens (including phenoxy) is 1. The number of carbonyl (C=O) groups is 1. The molecule has 6 heteroatoms. The van der Waals surface area contributed by atoms with E-state index in [-0.39, 0.29) is 30.0 Å². The first-order chi connectivity index (χ1) is 12.7. The average Bonchev–Trinajstić information content (AvgIpc) is 3.37. The van der Waals surface area contributed by atoms with Crippen molar-refractivity contribution in [3.8, 4) is 0 Å². The van der Waals surface area contributed by atoms with Gasteiger partial charge >= 0.3 is 0 Å². The van der Waals surface area contributed by atoms with Gasteiger partial charge < -0.3 is 15.4 Å². The molecule has 4 atom stereocenters. The maximum Gasteiger partial charge on any atom is 0.226 e. The molecule has 5 nitrogen and oxygen atoms in total. The van der Waals surface area contributed by atoms with Crippen LogP contribution in [0.3, 0.4) is 0 Å². The molecule has 1 fully saturated rings. The Morgan fingerprint density at radius 2 is 2.23 bits per heavy atom. The molecule has 140 valence electrons. The lowest BCUT2D eigenvalue weighted by Gasteiger charge is -2.29. The summed E-state index contributed by atoms with van der Waals surface area (Å²) < 4.78 is 5.67. The minimum atomic E-state index is -0.228. The van der Waals surface area contributed by atoms with E-state index in [0.29, 0.717) is 0 Å². The fraction of sp³-hybridized carbons (Fsp3) is 0.500. The first kappa shape index (κ1) is 19.0. The van der Waals surface area contributed by atoms with E-state index >= 15 is 0 Å². The Kier molecular flexibility index (Phi) is 6.77. The van der Waals surface area contributed by atoms with Crippen molar-refractivity contribution in [1.82, 2.24) is 15.6 Å². The van der Waals surface area contributed by atoms with E-state index in [4.69, 9.17) is 4.74 Å². The van der Waals surface area contributed by atoms with Crippen LogP contribution in [0.5, 0.6) is 0 Å². The molecule has 1 aliphatic heterocycles. The van der Waals surface area contributed by atoms with Gasteiger partial charge in [0.15, 0.2) is 0 Å². The number of benzene rings is 1. The van der Waals surface area contributed by atoms with Gasteiger partial charge in [0.25, 0.3) is 0 Å². The standard InChI is InChI=1S/C20H27N3O2S/c1-14(18(25-2)16-9-6-10-21-16)19(24)23-17(20-22-11-12-26-20)13-15-7-4-3-5-8-15/h3-5,7-8,11-12,14,16-18,21H,6,9-10,13H2,1-2H3,(H,23,24)/t14-,16+,17+,18-/m1/s1. The lowest BCUT2D eigenvalue weighted by molar-refractivity contribution is -0.130. The molecular weight excluding hydrogens is 346 g/mol. The SMILES string of the molecule is CO[C@@H]([C@@H]1CCCN1)[C@@H](C)C(=O)N[C@@H](Cc1ccccc1)c1nccs1. The Morgan fingerprint density at radius 3 is 2.85 bits per heavy atom. The van der Waals surface area contributed by atoms with Gasteiger partial charge in [-0.25, -0.2) is 4.98 Å². The Balaban J connectivity index is 1.70. The molecule has 1 aromatic heterocycles. The number of rotatable bonds is 8. The van der Waals surface area contributed by atoms with E-state index in [0.717, 1.165) is 30.8 Å². The third kappa shape index (κ3) is 4.69. The zero-order valence-corrected chi connectivity index (χ0v) is 16.2. The van der Waals surface area contributed by atoms with E-state index in [1.165, 1.54) is 5.56 Å². The van der Waals surface area contributed by atoms with Crippen molar-refractivity contribution < 1.29 is 9.53 Å². The van der Waals surface area contributed by atoms with Gasteiger partial charge in [-0.2, -0.15) is 0 Å². The first-order valence-corrected chi connectivity index (χ1v) is 10.1. The fourth-order valence-corrected chi connectivity index (χ4v) is 4.31. The second-order valence-corrected chi connectivity index (χ2v) is 7.74. The van der Waals surface area contributed by atoms with Crippen molar-refractivity contribution in [3.05, 3.63) is 52.5 Å². The summed E-state index contributed by atoms with van der Waals surface area (Å²) in [6, 6.07) is 10.3. The van der Waals surface area contributed by atoms with Crippen molar-refractivity contribution in [3.63, 3.8) is 0 Å². The van der Waals surface area contributed by atoms with Gasteiger partial charge in [-0.1, -0.05) is 37.3 Å². The number of nitrogens with one attached hydrogen (secondary N) is 2. The number of amides is 1. The molecule has 1 aromatic carbocycles. The third-order valence-corrected chi connectivity index (χ3v) is 5.91. The van der Waals surface area contributed by atoms with Crippen LogP contribution in [0.15, 0.2) is 41.9 Å². The normalized spacial score (nSPS) is 20.5. The van der Waals surface area contributed by atoms with Crippen LogP contribution >= 0.6 is 11.3 Å². The summed E-state index contributed by atoms with van der Waals surface area (Å²) in [5, 5.41) is 9.54. The summed E-state index contributed by atoms with van der Waals surface area (Å²) in [5.41, 5.74) is 1.18. The number of nitrogens with zero attached hydrogens (tertiary/aromatic N) is 1. The Hall–Kier alpha value is -1.76. The van der Waals surface area contributed by atoms with Crippen molar-refractivity contribution in [2.24, 2.45) is 5.92 Å². The Labute approximate surface area is 159 Å². The van der Waals surface area contributed by atoms with E-state index < -0.39 is 0 Å². The van der Waals surface area contributed by atoms with Gasteiger partial charge in [-0.3, -0.25) is 4.79 Å². The average molecular weight is 374 g/mol. The van der Waals surface area contributed by atoms with E-state index in [9.17, 15) is 4.79 Å². The quantitative estimate of drug-likeness (QED) is 0.747. The van der Waals surface area contributed by atoms with Gasteiger partial charge in [0.2, 0.25) is 5.91 Å². The highest BCUT2D eigenvalue weighted by Gasteiger charge is 2.34. The van der Waals surface area contributed by atoms with Crippen LogP contribution in [0.25, 0.3) is 0 Å². The largest absolute Gasteiger partial charge is 0.379 e. The molecule has 0 aliphatic carbocycles.